The molecule has 2 rings (SSSR count). The normalized spacial score (nSPS) is 10.4. The zero-order chi connectivity index (χ0) is 15.4. The van der Waals surface area contributed by atoms with Gasteiger partial charge in [0.15, 0.2) is 0 Å². The first-order chi connectivity index (χ1) is 10.0. The van der Waals surface area contributed by atoms with Crippen LogP contribution in [0, 0.1) is 10.1 Å². The van der Waals surface area contributed by atoms with E-state index in [9.17, 15) is 14.9 Å². The highest BCUT2D eigenvalue weighted by molar-refractivity contribution is 9.10. The van der Waals surface area contributed by atoms with Gasteiger partial charge < -0.3 is 4.90 Å². The third kappa shape index (κ3) is 3.68. The number of carbonyl (C=O) groups excluding carboxylic acids is 1. The molecule has 0 bridgehead atoms. The largest absolute Gasteiger partial charge is 0.334 e. The van der Waals surface area contributed by atoms with Crippen LogP contribution in [0.25, 0.3) is 0 Å². The van der Waals surface area contributed by atoms with E-state index < -0.39 is 4.92 Å². The van der Waals surface area contributed by atoms with E-state index in [1.165, 1.54) is 12.1 Å². The number of nitrogens with zero attached hydrogens (tertiary/aromatic N) is 2. The summed E-state index contributed by atoms with van der Waals surface area (Å²) in [7, 11) is 0. The summed E-state index contributed by atoms with van der Waals surface area (Å²) in [5.41, 5.74) is 0.219. The number of hydrogen-bond donors (Lipinski definition) is 0. The van der Waals surface area contributed by atoms with Crippen LogP contribution < -0.4 is 0 Å². The Morgan fingerprint density at radius 2 is 2.19 bits per heavy atom. The fourth-order valence-electron chi connectivity index (χ4n) is 1.89. The molecule has 0 saturated carbocycles. The molecule has 1 aromatic heterocycles. The van der Waals surface area contributed by atoms with Crippen LogP contribution in [0.5, 0.6) is 0 Å². The van der Waals surface area contributed by atoms with Crippen LogP contribution in [0.1, 0.15) is 22.2 Å². The fourth-order valence-corrected chi connectivity index (χ4v) is 3.00. The van der Waals surface area contributed by atoms with Crippen molar-refractivity contribution in [3.8, 4) is 0 Å². The first-order valence-corrected chi connectivity index (χ1v) is 7.95. The Bertz CT molecular complexity index is 658. The number of hydrogen-bond acceptors (Lipinski definition) is 4. The van der Waals surface area contributed by atoms with Crippen molar-refractivity contribution in [3.05, 3.63) is 60.7 Å². The number of amides is 1. The summed E-state index contributed by atoms with van der Waals surface area (Å²) in [6, 6.07) is 8.33. The van der Waals surface area contributed by atoms with Crippen LogP contribution in [-0.4, -0.2) is 22.3 Å². The number of carbonyl (C=O) groups is 1. The maximum atomic E-state index is 12.5. The lowest BCUT2D eigenvalue weighted by molar-refractivity contribution is -0.385. The van der Waals surface area contributed by atoms with Gasteiger partial charge in [-0.2, -0.15) is 0 Å². The molecule has 0 N–H and O–H groups in total. The molecular weight excluding hydrogens is 356 g/mol. The highest BCUT2D eigenvalue weighted by Gasteiger charge is 2.19. The Hall–Kier alpha value is -1.73. The Kier molecular flexibility index (Phi) is 5.08. The summed E-state index contributed by atoms with van der Waals surface area (Å²) >= 11 is 4.70. The van der Waals surface area contributed by atoms with Gasteiger partial charge in [0.05, 0.1) is 15.9 Å². The van der Waals surface area contributed by atoms with E-state index in [1.54, 1.807) is 22.3 Å². The number of halogens is 1. The van der Waals surface area contributed by atoms with Gasteiger partial charge in [-0.15, -0.1) is 11.3 Å². The second-order valence-corrected chi connectivity index (χ2v) is 6.21. The Balaban J connectivity index is 2.25. The number of nitro benzene ring substituents is 1. The van der Waals surface area contributed by atoms with Crippen molar-refractivity contribution in [1.82, 2.24) is 4.90 Å². The molecule has 0 atom stereocenters. The lowest BCUT2D eigenvalue weighted by Crippen LogP contribution is -2.30. The van der Waals surface area contributed by atoms with Crippen molar-refractivity contribution in [2.75, 3.05) is 6.54 Å². The molecule has 110 valence electrons. The summed E-state index contributed by atoms with van der Waals surface area (Å²) in [4.78, 5) is 25.7. The van der Waals surface area contributed by atoms with Gasteiger partial charge in [-0.05, 0) is 46.4 Å². The van der Waals surface area contributed by atoms with Crippen LogP contribution in [0.3, 0.4) is 0 Å². The molecule has 21 heavy (non-hydrogen) atoms. The van der Waals surface area contributed by atoms with Crippen molar-refractivity contribution in [1.29, 1.82) is 0 Å². The van der Waals surface area contributed by atoms with Crippen LogP contribution in [-0.2, 0) is 6.54 Å². The summed E-state index contributed by atoms with van der Waals surface area (Å²) < 4.78 is 0.366. The van der Waals surface area contributed by atoms with E-state index in [2.05, 4.69) is 15.9 Å². The Labute approximate surface area is 134 Å². The third-order valence-corrected chi connectivity index (χ3v) is 4.52. The number of nitro groups is 1. The number of benzene rings is 1. The van der Waals surface area contributed by atoms with Gasteiger partial charge >= 0.3 is 0 Å². The highest BCUT2D eigenvalue weighted by atomic mass is 79.9. The van der Waals surface area contributed by atoms with Gasteiger partial charge in [0, 0.05) is 23.1 Å². The van der Waals surface area contributed by atoms with Gasteiger partial charge in [0.25, 0.3) is 11.6 Å². The molecule has 0 radical (unpaired) electrons. The van der Waals surface area contributed by atoms with Gasteiger partial charge in [-0.3, -0.25) is 14.9 Å². The minimum absolute atomic E-state index is 0.104. The van der Waals surface area contributed by atoms with Crippen molar-refractivity contribution in [3.63, 3.8) is 0 Å². The van der Waals surface area contributed by atoms with Gasteiger partial charge in [0.2, 0.25) is 0 Å². The molecule has 1 amide bonds. The highest BCUT2D eigenvalue weighted by Crippen LogP contribution is 2.26. The average molecular weight is 369 g/mol. The SMILES string of the molecule is CCN(Cc1cccs1)C(=O)c1ccc(Br)c([N+](=O)[O-])c1. The maximum absolute atomic E-state index is 12.5. The molecule has 2 aromatic rings. The molecule has 0 aliphatic carbocycles. The van der Waals surface area contributed by atoms with E-state index in [-0.39, 0.29) is 11.6 Å². The molecule has 7 heteroatoms. The molecule has 0 aliphatic rings. The first kappa shape index (κ1) is 15.7. The predicted molar refractivity (Wildman–Crippen MR) is 85.5 cm³/mol. The second kappa shape index (κ2) is 6.82. The van der Waals surface area contributed by atoms with E-state index in [0.717, 1.165) is 4.88 Å². The first-order valence-electron chi connectivity index (χ1n) is 6.28. The zero-order valence-electron chi connectivity index (χ0n) is 11.3. The Morgan fingerprint density at radius 1 is 1.43 bits per heavy atom. The molecule has 0 spiro atoms. The minimum atomic E-state index is -0.504. The van der Waals surface area contributed by atoms with Crippen molar-refractivity contribution < 1.29 is 9.72 Å². The molecule has 1 aromatic carbocycles. The van der Waals surface area contributed by atoms with E-state index in [4.69, 9.17) is 0 Å². The van der Waals surface area contributed by atoms with Crippen molar-refractivity contribution in [2.24, 2.45) is 0 Å². The average Bonchev–Trinajstić information content (AvgIpc) is 2.97. The molecule has 0 saturated heterocycles. The number of rotatable bonds is 5. The standard InChI is InChI=1S/C14H13BrN2O3S/c1-2-16(9-11-4-3-7-21-11)14(18)10-5-6-12(15)13(8-10)17(19)20/h3-8H,2,9H2,1H3. The van der Waals surface area contributed by atoms with Crippen LogP contribution >= 0.6 is 27.3 Å². The maximum Gasteiger partial charge on any atom is 0.284 e. The molecule has 0 fully saturated rings. The summed E-state index contributed by atoms with van der Waals surface area (Å²) in [5.74, 6) is -0.207. The molecular formula is C14H13BrN2O3S. The van der Waals surface area contributed by atoms with E-state index >= 15 is 0 Å². The summed E-state index contributed by atoms with van der Waals surface area (Å²) in [6.45, 7) is 2.94. The molecule has 1 heterocycles. The lowest BCUT2D eigenvalue weighted by atomic mass is 10.1. The van der Waals surface area contributed by atoms with Gasteiger partial charge in [-0.1, -0.05) is 6.07 Å². The van der Waals surface area contributed by atoms with Crippen LogP contribution in [0.4, 0.5) is 5.69 Å². The Morgan fingerprint density at radius 3 is 2.76 bits per heavy atom. The van der Waals surface area contributed by atoms with Crippen molar-refractivity contribution in [2.45, 2.75) is 13.5 Å². The summed E-state index contributed by atoms with van der Waals surface area (Å²) in [6.07, 6.45) is 0. The zero-order valence-corrected chi connectivity index (χ0v) is 13.7. The molecule has 0 aliphatic heterocycles. The topological polar surface area (TPSA) is 63.5 Å². The smallest absolute Gasteiger partial charge is 0.284 e. The minimum Gasteiger partial charge on any atom is -0.334 e. The van der Waals surface area contributed by atoms with Gasteiger partial charge in [-0.25, -0.2) is 0 Å². The van der Waals surface area contributed by atoms with Crippen LogP contribution in [0.2, 0.25) is 0 Å². The second-order valence-electron chi connectivity index (χ2n) is 4.32. The lowest BCUT2D eigenvalue weighted by Gasteiger charge is -2.20. The summed E-state index contributed by atoms with van der Waals surface area (Å²) in [5, 5.41) is 12.9. The van der Waals surface area contributed by atoms with Crippen molar-refractivity contribution >= 4 is 38.9 Å². The monoisotopic (exact) mass is 368 g/mol. The quantitative estimate of drug-likeness (QED) is 0.589. The number of thiophene rings is 1. The predicted octanol–water partition coefficient (Wildman–Crippen LogP) is 4.08. The molecule has 5 nitrogen and oxygen atoms in total. The molecule has 0 unspecified atom stereocenters. The van der Waals surface area contributed by atoms with E-state index in [0.29, 0.717) is 23.1 Å². The third-order valence-electron chi connectivity index (χ3n) is 2.99. The van der Waals surface area contributed by atoms with E-state index in [1.807, 2.05) is 24.4 Å². The van der Waals surface area contributed by atoms with Crippen LogP contribution in [0.15, 0.2) is 40.2 Å². The fraction of sp³-hybridized carbons (Fsp3) is 0.214. The van der Waals surface area contributed by atoms with Gasteiger partial charge in [0.1, 0.15) is 0 Å².